The largest absolute Gasteiger partial charge is 0.458 e. The molecule has 1 fully saturated rings. The first-order valence-electron chi connectivity index (χ1n) is 12.1. The molecule has 3 N–H and O–H groups in total. The summed E-state index contributed by atoms with van der Waals surface area (Å²) < 4.78 is 6.89. The lowest BCUT2D eigenvalue weighted by Crippen LogP contribution is -2.44. The predicted molar refractivity (Wildman–Crippen MR) is 132 cm³/mol. The van der Waals surface area contributed by atoms with Gasteiger partial charge in [0, 0.05) is 54.9 Å². The molecule has 9 nitrogen and oxygen atoms in total. The number of hydrogen-bond donors (Lipinski definition) is 2. The Morgan fingerprint density at radius 1 is 1.14 bits per heavy atom. The van der Waals surface area contributed by atoms with E-state index in [1.54, 1.807) is 17.6 Å². The molecular formula is C26H29N5O4. The van der Waals surface area contributed by atoms with E-state index < -0.39 is 11.6 Å². The third-order valence-electron chi connectivity index (χ3n) is 7.81. The molecule has 0 aliphatic carbocycles. The Kier molecular flexibility index (Phi) is 5.00. The van der Waals surface area contributed by atoms with E-state index in [1.807, 2.05) is 18.2 Å². The highest BCUT2D eigenvalue weighted by Gasteiger charge is 2.45. The summed E-state index contributed by atoms with van der Waals surface area (Å²) in [6.45, 7) is 6.62. The molecule has 3 aromatic rings. The summed E-state index contributed by atoms with van der Waals surface area (Å²) >= 11 is 0. The molecule has 9 heteroatoms. The number of likely N-dealkylation sites (N-methyl/N-ethyl adjacent to an activating group) is 1. The van der Waals surface area contributed by atoms with Crippen molar-refractivity contribution in [2.45, 2.75) is 38.6 Å². The van der Waals surface area contributed by atoms with Gasteiger partial charge < -0.3 is 25.0 Å². The molecular weight excluding hydrogens is 446 g/mol. The molecule has 0 spiro atoms. The van der Waals surface area contributed by atoms with Crippen LogP contribution in [0.5, 0.6) is 0 Å². The Morgan fingerprint density at radius 3 is 2.66 bits per heavy atom. The Hall–Kier alpha value is -3.27. The normalized spacial score (nSPS) is 22.1. The summed E-state index contributed by atoms with van der Waals surface area (Å²) in [5, 5.41) is 12.1. The number of fused-ring (bicyclic) bond motifs is 5. The van der Waals surface area contributed by atoms with Crippen LogP contribution in [-0.2, 0) is 34.8 Å². The molecule has 0 radical (unpaired) electrons. The summed E-state index contributed by atoms with van der Waals surface area (Å²) in [4.78, 5) is 35.7. The van der Waals surface area contributed by atoms with E-state index in [2.05, 4.69) is 16.8 Å². The standard InChI is InChI=1S/C26H29N5O4/c1-3-26(34)20-11-22-23-18(13-31(22)24(32)19(20)14-35-25(26)33)17(12-30-8-6-29(2)7-9-30)16-10-15(27)4-5-21(16)28-23/h4-5,10-11,34H,3,6-9,12-14,27H2,1-2H3/t26-/m0/s1. The topological polar surface area (TPSA) is 114 Å². The third kappa shape index (κ3) is 3.30. The van der Waals surface area contributed by atoms with Crippen LogP contribution >= 0.6 is 0 Å². The van der Waals surface area contributed by atoms with Crippen molar-refractivity contribution < 1.29 is 14.6 Å². The maximum absolute atomic E-state index is 13.6. The van der Waals surface area contributed by atoms with Gasteiger partial charge in [-0.1, -0.05) is 6.92 Å². The molecule has 0 unspecified atom stereocenters. The lowest BCUT2D eigenvalue weighted by atomic mass is 9.86. The number of aromatic nitrogens is 2. The van der Waals surface area contributed by atoms with E-state index in [0.717, 1.165) is 60.4 Å². The van der Waals surface area contributed by atoms with Gasteiger partial charge in [-0.05, 0) is 43.3 Å². The summed E-state index contributed by atoms with van der Waals surface area (Å²) in [7, 11) is 2.13. The average molecular weight is 476 g/mol. The van der Waals surface area contributed by atoms with Crippen molar-refractivity contribution in [3.8, 4) is 11.4 Å². The molecule has 1 atom stereocenters. The maximum Gasteiger partial charge on any atom is 0.343 e. The van der Waals surface area contributed by atoms with E-state index in [4.69, 9.17) is 15.5 Å². The number of benzene rings is 1. The Balaban J connectivity index is 1.55. The number of carbonyl (C=O) groups excluding carboxylic acids is 1. The summed E-state index contributed by atoms with van der Waals surface area (Å²) in [5.74, 6) is -0.715. The summed E-state index contributed by atoms with van der Waals surface area (Å²) in [6.07, 6.45) is 0.119. The second kappa shape index (κ2) is 7.87. The summed E-state index contributed by atoms with van der Waals surface area (Å²) in [5.41, 5.74) is 9.70. The number of esters is 1. The molecule has 3 aliphatic rings. The third-order valence-corrected chi connectivity index (χ3v) is 7.81. The molecule has 182 valence electrons. The van der Waals surface area contributed by atoms with Crippen molar-refractivity contribution in [3.05, 3.63) is 56.9 Å². The van der Waals surface area contributed by atoms with Crippen molar-refractivity contribution in [1.82, 2.24) is 19.4 Å². The smallest absolute Gasteiger partial charge is 0.343 e. The van der Waals surface area contributed by atoms with E-state index in [1.165, 1.54) is 0 Å². The van der Waals surface area contributed by atoms with E-state index in [-0.39, 0.29) is 18.6 Å². The van der Waals surface area contributed by atoms with Gasteiger partial charge in [-0.15, -0.1) is 0 Å². The van der Waals surface area contributed by atoms with Crippen LogP contribution < -0.4 is 11.3 Å². The highest BCUT2D eigenvalue weighted by molar-refractivity contribution is 5.90. The van der Waals surface area contributed by atoms with Crippen LogP contribution in [0.2, 0.25) is 0 Å². The molecule has 1 saturated heterocycles. The Bertz CT molecular complexity index is 1440. The van der Waals surface area contributed by atoms with E-state index in [0.29, 0.717) is 29.1 Å². The number of anilines is 1. The molecule has 5 heterocycles. The maximum atomic E-state index is 13.6. The zero-order valence-electron chi connectivity index (χ0n) is 20.0. The van der Waals surface area contributed by atoms with Gasteiger partial charge in [0.25, 0.3) is 5.56 Å². The van der Waals surface area contributed by atoms with Gasteiger partial charge in [0.1, 0.15) is 6.61 Å². The van der Waals surface area contributed by atoms with Crippen LogP contribution in [0.3, 0.4) is 0 Å². The van der Waals surface area contributed by atoms with Gasteiger partial charge in [0.15, 0.2) is 5.60 Å². The van der Waals surface area contributed by atoms with E-state index >= 15 is 0 Å². The molecule has 3 aliphatic heterocycles. The van der Waals surface area contributed by atoms with Crippen LogP contribution in [0.4, 0.5) is 5.69 Å². The van der Waals surface area contributed by atoms with E-state index in [9.17, 15) is 14.7 Å². The number of hydrogen-bond acceptors (Lipinski definition) is 8. The second-order valence-corrected chi connectivity index (χ2v) is 9.88. The number of cyclic esters (lactones) is 1. The zero-order chi connectivity index (χ0) is 24.5. The first kappa shape index (κ1) is 22.2. The van der Waals surface area contributed by atoms with Gasteiger partial charge in [-0.25, -0.2) is 9.78 Å². The molecule has 35 heavy (non-hydrogen) atoms. The number of carbonyl (C=O) groups is 1. The van der Waals surface area contributed by atoms with Gasteiger partial charge in [0.05, 0.1) is 29.0 Å². The number of ether oxygens (including phenoxy) is 1. The van der Waals surface area contributed by atoms with Crippen LogP contribution in [-0.4, -0.2) is 63.7 Å². The zero-order valence-corrected chi connectivity index (χ0v) is 20.0. The number of nitrogens with two attached hydrogens (primary N) is 1. The van der Waals surface area contributed by atoms with Gasteiger partial charge in [-0.2, -0.15) is 0 Å². The molecule has 0 bridgehead atoms. The number of aliphatic hydroxyl groups is 1. The van der Waals surface area contributed by atoms with Crippen LogP contribution in [0, 0.1) is 0 Å². The lowest BCUT2D eigenvalue weighted by molar-refractivity contribution is -0.172. The molecule has 2 aromatic heterocycles. The van der Waals surface area contributed by atoms with Crippen molar-refractivity contribution >= 4 is 22.6 Å². The lowest BCUT2D eigenvalue weighted by Gasteiger charge is -2.33. The van der Waals surface area contributed by atoms with Crippen LogP contribution in [0.15, 0.2) is 29.1 Å². The number of pyridine rings is 2. The van der Waals surface area contributed by atoms with Crippen molar-refractivity contribution in [2.24, 2.45) is 0 Å². The molecule has 0 amide bonds. The minimum absolute atomic E-state index is 0.119. The molecule has 0 saturated carbocycles. The Labute approximate surface area is 202 Å². The molecule has 6 rings (SSSR count). The van der Waals surface area contributed by atoms with Crippen molar-refractivity contribution in [2.75, 3.05) is 39.0 Å². The van der Waals surface area contributed by atoms with Crippen LogP contribution in [0.25, 0.3) is 22.3 Å². The first-order chi connectivity index (χ1) is 16.8. The number of rotatable bonds is 3. The Morgan fingerprint density at radius 2 is 1.91 bits per heavy atom. The van der Waals surface area contributed by atoms with Gasteiger partial charge in [0.2, 0.25) is 0 Å². The minimum atomic E-state index is -1.83. The monoisotopic (exact) mass is 475 g/mol. The minimum Gasteiger partial charge on any atom is -0.458 e. The predicted octanol–water partition coefficient (Wildman–Crippen LogP) is 1.41. The average Bonchev–Trinajstić information content (AvgIpc) is 3.22. The number of nitrogen functional groups attached to an aromatic ring is 1. The van der Waals surface area contributed by atoms with Crippen molar-refractivity contribution in [1.29, 1.82) is 0 Å². The van der Waals surface area contributed by atoms with Crippen LogP contribution in [0.1, 0.15) is 35.6 Å². The van der Waals surface area contributed by atoms with Gasteiger partial charge >= 0.3 is 5.97 Å². The SMILES string of the molecule is CC[C@@]1(O)C(=O)OCc2c1cc1n(c2=O)Cc2c-1nc1ccc(N)cc1c2CN1CCN(C)CC1. The number of piperazine rings is 1. The van der Waals surface area contributed by atoms with Gasteiger partial charge in [-0.3, -0.25) is 9.69 Å². The fraction of sp³-hybridized carbons (Fsp3) is 0.423. The highest BCUT2D eigenvalue weighted by Crippen LogP contribution is 2.40. The highest BCUT2D eigenvalue weighted by atomic mass is 16.6. The fourth-order valence-electron chi connectivity index (χ4n) is 5.59. The quantitative estimate of drug-likeness (QED) is 0.338. The molecule has 1 aromatic carbocycles. The first-order valence-corrected chi connectivity index (χ1v) is 12.1. The number of nitrogens with zero attached hydrogens (tertiary/aromatic N) is 4. The summed E-state index contributed by atoms with van der Waals surface area (Å²) in [6, 6.07) is 7.48. The second-order valence-electron chi connectivity index (χ2n) is 9.88. The fourth-order valence-corrected chi connectivity index (χ4v) is 5.59. The van der Waals surface area contributed by atoms with Crippen molar-refractivity contribution in [3.63, 3.8) is 0 Å².